The lowest BCUT2D eigenvalue weighted by atomic mass is 9.87. The summed E-state index contributed by atoms with van der Waals surface area (Å²) in [6.07, 6.45) is 1.97. The van der Waals surface area contributed by atoms with Crippen molar-refractivity contribution in [3.63, 3.8) is 0 Å². The van der Waals surface area contributed by atoms with Crippen molar-refractivity contribution < 1.29 is 4.74 Å². The van der Waals surface area contributed by atoms with Crippen LogP contribution in [0.2, 0.25) is 0 Å². The fraction of sp³-hybridized carbons (Fsp3) is 0.476. The molecule has 0 spiro atoms. The molecule has 0 amide bonds. The molecule has 2 atom stereocenters. The number of morpholine rings is 1. The molecule has 27 heavy (non-hydrogen) atoms. The summed E-state index contributed by atoms with van der Waals surface area (Å²) >= 11 is 0. The Morgan fingerprint density at radius 1 is 1.07 bits per heavy atom. The smallest absolute Gasteiger partial charge is 0.163 e. The van der Waals surface area contributed by atoms with Crippen LogP contribution in [0.15, 0.2) is 36.5 Å². The lowest BCUT2D eigenvalue weighted by Crippen LogP contribution is -2.49. The first-order valence-corrected chi connectivity index (χ1v) is 9.44. The van der Waals surface area contributed by atoms with Gasteiger partial charge in [-0.1, -0.05) is 51.1 Å². The number of hydrogen-bond donors (Lipinski definition) is 0. The SMILES string of the molecule is Cc1nc(N2C[C@@H](c3ccccc3)O[C@@H](C(C)(C)C)C2)c2cnn(C)c2n1. The minimum atomic E-state index is 0.00571. The molecule has 6 heteroatoms. The molecule has 1 aromatic carbocycles. The van der Waals surface area contributed by atoms with Gasteiger partial charge in [-0.2, -0.15) is 5.10 Å². The zero-order valence-corrected chi connectivity index (χ0v) is 16.7. The van der Waals surface area contributed by atoms with Crippen LogP contribution >= 0.6 is 0 Å². The van der Waals surface area contributed by atoms with Gasteiger partial charge < -0.3 is 9.64 Å². The summed E-state index contributed by atoms with van der Waals surface area (Å²) in [4.78, 5) is 11.7. The molecular formula is C21H27N5O. The number of aromatic nitrogens is 4. The molecule has 0 saturated carbocycles. The van der Waals surface area contributed by atoms with Gasteiger partial charge in [-0.15, -0.1) is 0 Å². The lowest BCUT2D eigenvalue weighted by Gasteiger charge is -2.44. The van der Waals surface area contributed by atoms with Crippen molar-refractivity contribution in [3.8, 4) is 0 Å². The van der Waals surface area contributed by atoms with Gasteiger partial charge in [-0.05, 0) is 17.9 Å². The largest absolute Gasteiger partial charge is 0.366 e. The Balaban J connectivity index is 1.77. The van der Waals surface area contributed by atoms with E-state index in [1.807, 2.05) is 30.9 Å². The highest BCUT2D eigenvalue weighted by atomic mass is 16.5. The number of ether oxygens (including phenoxy) is 1. The monoisotopic (exact) mass is 365 g/mol. The molecule has 0 unspecified atom stereocenters. The van der Waals surface area contributed by atoms with E-state index in [1.165, 1.54) is 5.56 Å². The van der Waals surface area contributed by atoms with Crippen LogP contribution in [0.5, 0.6) is 0 Å². The predicted molar refractivity (Wildman–Crippen MR) is 107 cm³/mol. The van der Waals surface area contributed by atoms with Crippen molar-refractivity contribution in [2.24, 2.45) is 12.5 Å². The van der Waals surface area contributed by atoms with Crippen molar-refractivity contribution >= 4 is 16.9 Å². The van der Waals surface area contributed by atoms with Crippen LogP contribution in [0.1, 0.15) is 38.3 Å². The van der Waals surface area contributed by atoms with Gasteiger partial charge in [0.05, 0.1) is 17.7 Å². The first-order chi connectivity index (χ1) is 12.8. The van der Waals surface area contributed by atoms with E-state index in [0.29, 0.717) is 0 Å². The molecule has 142 valence electrons. The van der Waals surface area contributed by atoms with Crippen LogP contribution in [-0.2, 0) is 11.8 Å². The summed E-state index contributed by atoms with van der Waals surface area (Å²) in [6.45, 7) is 10.2. The highest BCUT2D eigenvalue weighted by molar-refractivity contribution is 5.87. The first kappa shape index (κ1) is 17.9. The van der Waals surface area contributed by atoms with E-state index in [0.717, 1.165) is 35.8 Å². The molecule has 1 fully saturated rings. The fourth-order valence-electron chi connectivity index (χ4n) is 3.62. The minimum absolute atomic E-state index is 0.00571. The van der Waals surface area contributed by atoms with Gasteiger partial charge in [0.2, 0.25) is 0 Å². The number of fused-ring (bicyclic) bond motifs is 1. The number of benzene rings is 1. The number of anilines is 1. The van der Waals surface area contributed by atoms with Crippen LogP contribution in [0.3, 0.4) is 0 Å². The number of rotatable bonds is 2. The molecule has 3 heterocycles. The first-order valence-electron chi connectivity index (χ1n) is 9.44. The number of hydrogen-bond acceptors (Lipinski definition) is 5. The third-order valence-corrected chi connectivity index (χ3v) is 5.22. The Kier molecular flexibility index (Phi) is 4.38. The minimum Gasteiger partial charge on any atom is -0.366 e. The van der Waals surface area contributed by atoms with Crippen LogP contribution in [0.4, 0.5) is 5.82 Å². The van der Waals surface area contributed by atoms with Gasteiger partial charge in [-0.3, -0.25) is 4.68 Å². The van der Waals surface area contributed by atoms with Gasteiger partial charge in [0, 0.05) is 20.1 Å². The predicted octanol–water partition coefficient (Wildman–Crippen LogP) is 3.66. The summed E-state index contributed by atoms with van der Waals surface area (Å²) < 4.78 is 8.34. The third-order valence-electron chi connectivity index (χ3n) is 5.22. The van der Waals surface area contributed by atoms with E-state index in [2.05, 4.69) is 60.0 Å². The summed E-state index contributed by atoms with van der Waals surface area (Å²) in [5.41, 5.74) is 2.10. The molecule has 1 aliphatic heterocycles. The van der Waals surface area contributed by atoms with Gasteiger partial charge >= 0.3 is 0 Å². The van der Waals surface area contributed by atoms with Gasteiger partial charge in [0.15, 0.2) is 5.65 Å². The Hall–Kier alpha value is -2.47. The van der Waals surface area contributed by atoms with Crippen LogP contribution in [0.25, 0.3) is 11.0 Å². The van der Waals surface area contributed by atoms with E-state index in [1.54, 1.807) is 0 Å². The van der Waals surface area contributed by atoms with E-state index in [9.17, 15) is 0 Å². The van der Waals surface area contributed by atoms with Gasteiger partial charge in [0.25, 0.3) is 0 Å². The van der Waals surface area contributed by atoms with E-state index in [4.69, 9.17) is 9.72 Å². The quantitative estimate of drug-likeness (QED) is 0.694. The number of aryl methyl sites for hydroxylation is 2. The molecule has 6 nitrogen and oxygen atoms in total. The van der Waals surface area contributed by atoms with Crippen LogP contribution in [-0.4, -0.2) is 38.9 Å². The van der Waals surface area contributed by atoms with Gasteiger partial charge in [0.1, 0.15) is 17.7 Å². The standard InChI is InChI=1S/C21H27N5O/c1-14-23-19-16(11-22-25(19)5)20(24-14)26-12-17(15-9-7-6-8-10-15)27-18(13-26)21(2,3)4/h6-11,17-18H,12-13H2,1-5H3/t17-,18+/m0/s1. The molecule has 1 saturated heterocycles. The van der Waals surface area contributed by atoms with Crippen molar-refractivity contribution in [2.75, 3.05) is 18.0 Å². The molecule has 0 N–H and O–H groups in total. The number of nitrogens with zero attached hydrogens (tertiary/aromatic N) is 5. The molecule has 0 aliphatic carbocycles. The molecule has 0 bridgehead atoms. The Bertz CT molecular complexity index is 944. The maximum atomic E-state index is 6.53. The molecular weight excluding hydrogens is 338 g/mol. The zero-order chi connectivity index (χ0) is 19.2. The molecule has 2 aromatic heterocycles. The molecule has 4 rings (SSSR count). The molecule has 3 aromatic rings. The van der Waals surface area contributed by atoms with E-state index < -0.39 is 0 Å². The molecule has 1 aliphatic rings. The Labute approximate surface area is 160 Å². The average molecular weight is 365 g/mol. The van der Waals surface area contributed by atoms with Crippen molar-refractivity contribution in [1.29, 1.82) is 0 Å². The summed E-state index contributed by atoms with van der Waals surface area (Å²) in [7, 11) is 1.92. The second kappa shape index (κ2) is 6.60. The van der Waals surface area contributed by atoms with Crippen molar-refractivity contribution in [1.82, 2.24) is 19.7 Å². The summed E-state index contributed by atoms with van der Waals surface area (Å²) in [5.74, 6) is 1.71. The van der Waals surface area contributed by atoms with Gasteiger partial charge in [-0.25, -0.2) is 9.97 Å². The topological polar surface area (TPSA) is 56.1 Å². The second-order valence-electron chi connectivity index (χ2n) is 8.39. The fourth-order valence-corrected chi connectivity index (χ4v) is 3.62. The van der Waals surface area contributed by atoms with E-state index in [-0.39, 0.29) is 17.6 Å². The maximum Gasteiger partial charge on any atom is 0.163 e. The van der Waals surface area contributed by atoms with Crippen LogP contribution in [0, 0.1) is 12.3 Å². The Morgan fingerprint density at radius 3 is 2.52 bits per heavy atom. The summed E-state index contributed by atoms with van der Waals surface area (Å²) in [5, 5.41) is 5.38. The summed E-state index contributed by atoms with van der Waals surface area (Å²) in [6, 6.07) is 10.5. The molecule has 0 radical (unpaired) electrons. The van der Waals surface area contributed by atoms with Crippen molar-refractivity contribution in [3.05, 3.63) is 47.9 Å². The second-order valence-corrected chi connectivity index (χ2v) is 8.39. The lowest BCUT2D eigenvalue weighted by molar-refractivity contribution is -0.0792. The maximum absolute atomic E-state index is 6.53. The highest BCUT2D eigenvalue weighted by Crippen LogP contribution is 2.36. The van der Waals surface area contributed by atoms with Crippen LogP contribution < -0.4 is 4.90 Å². The average Bonchev–Trinajstić information content (AvgIpc) is 3.01. The zero-order valence-electron chi connectivity index (χ0n) is 16.7. The normalized spacial score (nSPS) is 21.0. The highest BCUT2D eigenvalue weighted by Gasteiger charge is 2.37. The third kappa shape index (κ3) is 3.41. The van der Waals surface area contributed by atoms with Crippen molar-refractivity contribution in [2.45, 2.75) is 39.9 Å². The Morgan fingerprint density at radius 2 is 1.81 bits per heavy atom. The van der Waals surface area contributed by atoms with E-state index >= 15 is 0 Å².